The van der Waals surface area contributed by atoms with Crippen molar-refractivity contribution in [2.24, 2.45) is 0 Å². The highest BCUT2D eigenvalue weighted by Crippen LogP contribution is 2.27. The van der Waals surface area contributed by atoms with E-state index in [2.05, 4.69) is 11.9 Å². The summed E-state index contributed by atoms with van der Waals surface area (Å²) in [6.07, 6.45) is 2.93. The highest BCUT2D eigenvalue weighted by atomic mass is 16.5. The Bertz CT molecular complexity index is 595. The molecule has 0 aliphatic carbocycles. The summed E-state index contributed by atoms with van der Waals surface area (Å²) in [6, 6.07) is 7.60. The van der Waals surface area contributed by atoms with E-state index >= 15 is 0 Å². The zero-order valence-electron chi connectivity index (χ0n) is 11.9. The van der Waals surface area contributed by atoms with Crippen molar-refractivity contribution in [3.05, 3.63) is 36.0 Å². The van der Waals surface area contributed by atoms with Crippen molar-refractivity contribution in [3.8, 4) is 5.75 Å². The molecule has 2 rings (SSSR count). The number of pyridine rings is 1. The van der Waals surface area contributed by atoms with Crippen molar-refractivity contribution in [2.75, 3.05) is 13.2 Å². The zero-order chi connectivity index (χ0) is 14.4. The normalized spacial score (nSPS) is 10.5. The van der Waals surface area contributed by atoms with Crippen LogP contribution in [0.5, 0.6) is 5.75 Å². The van der Waals surface area contributed by atoms with Crippen LogP contribution in [0.25, 0.3) is 10.9 Å². The van der Waals surface area contributed by atoms with Gasteiger partial charge in [0.2, 0.25) is 0 Å². The molecule has 0 radical (unpaired) electrons. The van der Waals surface area contributed by atoms with Gasteiger partial charge in [0.15, 0.2) is 0 Å². The minimum absolute atomic E-state index is 0.222. The summed E-state index contributed by atoms with van der Waals surface area (Å²) in [6.45, 7) is 4.92. The summed E-state index contributed by atoms with van der Waals surface area (Å²) in [5, 5.41) is 0.939. The van der Waals surface area contributed by atoms with Crippen molar-refractivity contribution in [2.45, 2.75) is 26.7 Å². The van der Waals surface area contributed by atoms with E-state index in [-0.39, 0.29) is 12.4 Å². The largest absolute Gasteiger partial charge is 0.491 e. The Kier molecular flexibility index (Phi) is 4.93. The third kappa shape index (κ3) is 3.26. The number of hydrogen-bond acceptors (Lipinski definition) is 4. The molecule has 0 saturated heterocycles. The Hall–Kier alpha value is -2.10. The van der Waals surface area contributed by atoms with Gasteiger partial charge in [0, 0.05) is 11.6 Å². The number of benzene rings is 1. The Labute approximate surface area is 118 Å². The molecule has 0 unspecified atom stereocenters. The quantitative estimate of drug-likeness (QED) is 0.759. The van der Waals surface area contributed by atoms with Crippen molar-refractivity contribution in [1.29, 1.82) is 0 Å². The molecule has 0 spiro atoms. The molecular formula is C16H19NO3. The van der Waals surface area contributed by atoms with Crippen LogP contribution in [0.4, 0.5) is 0 Å². The van der Waals surface area contributed by atoms with Crippen LogP contribution >= 0.6 is 0 Å². The van der Waals surface area contributed by atoms with Gasteiger partial charge in [-0.3, -0.25) is 9.78 Å². The number of rotatable bonds is 6. The SMILES string of the molecule is CCCOc1ccc(CC(=O)OCC)c2cccnc12. The van der Waals surface area contributed by atoms with Crippen LogP contribution in [0.3, 0.4) is 0 Å². The maximum Gasteiger partial charge on any atom is 0.310 e. The molecule has 0 atom stereocenters. The van der Waals surface area contributed by atoms with Crippen molar-refractivity contribution in [1.82, 2.24) is 4.98 Å². The lowest BCUT2D eigenvalue weighted by Crippen LogP contribution is -2.08. The predicted molar refractivity (Wildman–Crippen MR) is 77.9 cm³/mol. The van der Waals surface area contributed by atoms with Crippen LogP contribution in [0.1, 0.15) is 25.8 Å². The second kappa shape index (κ2) is 6.89. The molecule has 0 saturated carbocycles. The monoisotopic (exact) mass is 273 g/mol. The zero-order valence-corrected chi connectivity index (χ0v) is 11.9. The van der Waals surface area contributed by atoms with E-state index in [1.807, 2.05) is 24.3 Å². The van der Waals surface area contributed by atoms with Gasteiger partial charge in [-0.25, -0.2) is 0 Å². The Morgan fingerprint density at radius 1 is 1.25 bits per heavy atom. The van der Waals surface area contributed by atoms with Crippen LogP contribution in [-0.2, 0) is 16.0 Å². The van der Waals surface area contributed by atoms with E-state index in [4.69, 9.17) is 9.47 Å². The molecule has 4 heteroatoms. The smallest absolute Gasteiger partial charge is 0.310 e. The maximum atomic E-state index is 11.6. The van der Waals surface area contributed by atoms with Crippen LogP contribution in [0.2, 0.25) is 0 Å². The summed E-state index contributed by atoms with van der Waals surface area (Å²) in [4.78, 5) is 16.0. The van der Waals surface area contributed by atoms with Gasteiger partial charge in [-0.1, -0.05) is 19.1 Å². The molecule has 20 heavy (non-hydrogen) atoms. The average molecular weight is 273 g/mol. The fourth-order valence-electron chi connectivity index (χ4n) is 2.06. The summed E-state index contributed by atoms with van der Waals surface area (Å²) >= 11 is 0. The molecule has 1 heterocycles. The lowest BCUT2D eigenvalue weighted by atomic mass is 10.0. The first-order chi connectivity index (χ1) is 9.76. The highest BCUT2D eigenvalue weighted by molar-refractivity contribution is 5.90. The summed E-state index contributed by atoms with van der Waals surface area (Å²) < 4.78 is 10.7. The number of hydrogen-bond donors (Lipinski definition) is 0. The number of aromatic nitrogens is 1. The van der Waals surface area contributed by atoms with Crippen LogP contribution in [0.15, 0.2) is 30.5 Å². The summed E-state index contributed by atoms with van der Waals surface area (Å²) in [7, 11) is 0. The van der Waals surface area contributed by atoms with Crippen molar-refractivity contribution >= 4 is 16.9 Å². The number of fused-ring (bicyclic) bond motifs is 1. The second-order valence-electron chi connectivity index (χ2n) is 4.45. The van der Waals surface area contributed by atoms with Crippen LogP contribution in [-0.4, -0.2) is 24.2 Å². The summed E-state index contributed by atoms with van der Waals surface area (Å²) in [5.41, 5.74) is 1.71. The van der Waals surface area contributed by atoms with Crippen molar-refractivity contribution in [3.63, 3.8) is 0 Å². The maximum absolute atomic E-state index is 11.6. The van der Waals surface area contributed by atoms with Gasteiger partial charge in [-0.2, -0.15) is 0 Å². The minimum atomic E-state index is -0.222. The highest BCUT2D eigenvalue weighted by Gasteiger charge is 2.11. The van der Waals surface area contributed by atoms with E-state index in [0.717, 1.165) is 28.6 Å². The fraction of sp³-hybridized carbons (Fsp3) is 0.375. The standard InChI is InChI=1S/C16H19NO3/c1-3-10-20-14-8-7-12(11-15(18)19-4-2)13-6-5-9-17-16(13)14/h5-9H,3-4,10-11H2,1-2H3. The van der Waals surface area contributed by atoms with Gasteiger partial charge >= 0.3 is 5.97 Å². The van der Waals surface area contributed by atoms with E-state index in [1.54, 1.807) is 13.1 Å². The Morgan fingerprint density at radius 2 is 2.10 bits per heavy atom. The number of carbonyl (C=O) groups excluding carboxylic acids is 1. The van der Waals surface area contributed by atoms with Crippen LogP contribution < -0.4 is 4.74 Å². The van der Waals surface area contributed by atoms with E-state index in [0.29, 0.717) is 13.2 Å². The van der Waals surface area contributed by atoms with Gasteiger partial charge < -0.3 is 9.47 Å². The van der Waals surface area contributed by atoms with Crippen LogP contribution in [0, 0.1) is 0 Å². The molecule has 0 N–H and O–H groups in total. The van der Waals surface area contributed by atoms with Gasteiger partial charge in [0.05, 0.1) is 19.6 Å². The molecule has 4 nitrogen and oxygen atoms in total. The average Bonchev–Trinajstić information content (AvgIpc) is 2.47. The molecule has 0 fully saturated rings. The third-order valence-corrected chi connectivity index (χ3v) is 2.92. The fourth-order valence-corrected chi connectivity index (χ4v) is 2.06. The van der Waals surface area contributed by atoms with Crippen molar-refractivity contribution < 1.29 is 14.3 Å². The second-order valence-corrected chi connectivity index (χ2v) is 4.45. The first kappa shape index (κ1) is 14.3. The molecular weight excluding hydrogens is 254 g/mol. The van der Waals surface area contributed by atoms with Gasteiger partial charge in [-0.05, 0) is 31.0 Å². The number of nitrogens with zero attached hydrogens (tertiary/aromatic N) is 1. The molecule has 0 amide bonds. The number of ether oxygens (including phenoxy) is 2. The summed E-state index contributed by atoms with van der Waals surface area (Å²) in [5.74, 6) is 0.537. The molecule has 106 valence electrons. The molecule has 0 bridgehead atoms. The van der Waals surface area contributed by atoms with E-state index in [9.17, 15) is 4.79 Å². The Morgan fingerprint density at radius 3 is 2.85 bits per heavy atom. The molecule has 0 aliphatic heterocycles. The molecule has 1 aromatic heterocycles. The topological polar surface area (TPSA) is 48.4 Å². The predicted octanol–water partition coefficient (Wildman–Crippen LogP) is 3.13. The molecule has 1 aromatic carbocycles. The Balaban J connectivity index is 2.35. The number of esters is 1. The van der Waals surface area contributed by atoms with E-state index < -0.39 is 0 Å². The van der Waals surface area contributed by atoms with Gasteiger partial charge in [-0.15, -0.1) is 0 Å². The minimum Gasteiger partial charge on any atom is -0.491 e. The van der Waals surface area contributed by atoms with Gasteiger partial charge in [0.1, 0.15) is 11.3 Å². The first-order valence-electron chi connectivity index (χ1n) is 6.91. The lowest BCUT2D eigenvalue weighted by Gasteiger charge is -2.11. The lowest BCUT2D eigenvalue weighted by molar-refractivity contribution is -0.142. The molecule has 2 aromatic rings. The van der Waals surface area contributed by atoms with Gasteiger partial charge in [0.25, 0.3) is 0 Å². The number of carbonyl (C=O) groups is 1. The third-order valence-electron chi connectivity index (χ3n) is 2.92. The molecule has 0 aliphatic rings. The van der Waals surface area contributed by atoms with E-state index in [1.165, 1.54) is 0 Å². The first-order valence-corrected chi connectivity index (χ1v) is 6.91.